The van der Waals surface area contributed by atoms with E-state index in [4.69, 9.17) is 10.8 Å². The summed E-state index contributed by atoms with van der Waals surface area (Å²) >= 11 is 1.09. The highest BCUT2D eigenvalue weighted by Gasteiger charge is 2.22. The van der Waals surface area contributed by atoms with E-state index < -0.39 is 11.9 Å². The lowest BCUT2D eigenvalue weighted by atomic mass is 10.1. The number of anilines is 1. The number of carbonyl (C=O) groups excluding carboxylic acids is 1. The van der Waals surface area contributed by atoms with Crippen molar-refractivity contribution in [3.8, 4) is 0 Å². The van der Waals surface area contributed by atoms with Crippen molar-refractivity contribution in [3.05, 3.63) is 11.1 Å². The van der Waals surface area contributed by atoms with E-state index in [2.05, 4.69) is 4.98 Å². The largest absolute Gasteiger partial charge is 0.480 e. The summed E-state index contributed by atoms with van der Waals surface area (Å²) in [4.78, 5) is 24.2. The number of nitrogens with two attached hydrogens (primary N) is 1. The standard InChI is InChI=1S/C6H5N2O3S/c7-6-8-4(2-12-6)3(1-9)5(10)11/h2-3H,(H2,7,8)(H,10,11). The summed E-state index contributed by atoms with van der Waals surface area (Å²) in [6, 6.07) is 0. The monoisotopic (exact) mass is 185 g/mol. The molecule has 1 aromatic heterocycles. The molecule has 0 aliphatic carbocycles. The molecule has 3 N–H and O–H groups in total. The Morgan fingerprint density at radius 1 is 1.83 bits per heavy atom. The molecule has 1 rings (SSSR count). The number of nitrogens with zero attached hydrogens (tertiary/aromatic N) is 1. The summed E-state index contributed by atoms with van der Waals surface area (Å²) < 4.78 is 0. The van der Waals surface area contributed by atoms with E-state index in [-0.39, 0.29) is 10.8 Å². The van der Waals surface area contributed by atoms with Gasteiger partial charge in [0, 0.05) is 5.38 Å². The van der Waals surface area contributed by atoms with Gasteiger partial charge in [-0.15, -0.1) is 11.3 Å². The fourth-order valence-corrected chi connectivity index (χ4v) is 1.26. The van der Waals surface area contributed by atoms with Gasteiger partial charge in [-0.1, -0.05) is 0 Å². The first-order chi connectivity index (χ1) is 5.65. The van der Waals surface area contributed by atoms with Gasteiger partial charge in [0.15, 0.2) is 11.0 Å². The molecular weight excluding hydrogens is 180 g/mol. The van der Waals surface area contributed by atoms with Crippen LogP contribution >= 0.6 is 11.3 Å². The summed E-state index contributed by atoms with van der Waals surface area (Å²) in [5, 5.41) is 10.2. The highest BCUT2D eigenvalue weighted by atomic mass is 32.1. The molecule has 63 valence electrons. The second-order valence-corrected chi connectivity index (χ2v) is 2.89. The second kappa shape index (κ2) is 3.31. The number of hydrogen-bond donors (Lipinski definition) is 2. The zero-order valence-electron chi connectivity index (χ0n) is 5.85. The number of carboxylic acid groups (broad SMARTS) is 1. The molecule has 1 atom stereocenters. The average molecular weight is 185 g/mol. The maximum Gasteiger partial charge on any atom is 0.320 e. The van der Waals surface area contributed by atoms with Crippen LogP contribution in [0.25, 0.3) is 0 Å². The molecule has 6 heteroatoms. The molecule has 1 heterocycles. The van der Waals surface area contributed by atoms with E-state index in [1.807, 2.05) is 0 Å². The van der Waals surface area contributed by atoms with Crippen molar-refractivity contribution < 1.29 is 14.7 Å². The van der Waals surface area contributed by atoms with Crippen LogP contribution in [-0.2, 0) is 9.59 Å². The Hall–Kier alpha value is -1.43. The van der Waals surface area contributed by atoms with Gasteiger partial charge in [0.25, 0.3) is 0 Å². The fourth-order valence-electron chi connectivity index (χ4n) is 0.671. The number of hydrogen-bond acceptors (Lipinski definition) is 5. The summed E-state index contributed by atoms with van der Waals surface area (Å²) in [5.74, 6) is -2.59. The van der Waals surface area contributed by atoms with Gasteiger partial charge in [0.1, 0.15) is 0 Å². The Balaban J connectivity index is 2.94. The molecular formula is C6H5N2O3S. The minimum absolute atomic E-state index is 0.139. The predicted molar refractivity (Wildman–Crippen MR) is 42.6 cm³/mol. The Bertz CT molecular complexity index is 309. The van der Waals surface area contributed by atoms with Gasteiger partial charge in [0.2, 0.25) is 6.29 Å². The van der Waals surface area contributed by atoms with Gasteiger partial charge < -0.3 is 10.8 Å². The maximum atomic E-state index is 10.4. The number of nitrogen functional groups attached to an aromatic ring is 1. The lowest BCUT2D eigenvalue weighted by Crippen LogP contribution is -2.13. The molecule has 1 unspecified atom stereocenters. The molecule has 0 aromatic carbocycles. The molecule has 0 saturated carbocycles. The van der Waals surface area contributed by atoms with Crippen LogP contribution in [-0.4, -0.2) is 22.3 Å². The number of aromatic nitrogens is 1. The zero-order chi connectivity index (χ0) is 9.14. The molecule has 0 spiro atoms. The fraction of sp³-hybridized carbons (Fsp3) is 0.167. The van der Waals surface area contributed by atoms with Crippen LogP contribution < -0.4 is 5.73 Å². The molecule has 1 radical (unpaired) electrons. The van der Waals surface area contributed by atoms with Gasteiger partial charge >= 0.3 is 5.97 Å². The first-order valence-corrected chi connectivity index (χ1v) is 3.84. The number of thiazole rings is 1. The van der Waals surface area contributed by atoms with Crippen molar-refractivity contribution >= 4 is 28.7 Å². The molecule has 0 amide bonds. The zero-order valence-corrected chi connectivity index (χ0v) is 6.67. The Morgan fingerprint density at radius 2 is 2.50 bits per heavy atom. The van der Waals surface area contributed by atoms with Crippen LogP contribution in [0.1, 0.15) is 11.6 Å². The number of carbonyl (C=O) groups is 1. The van der Waals surface area contributed by atoms with Gasteiger partial charge in [-0.05, 0) is 0 Å². The van der Waals surface area contributed by atoms with Crippen molar-refractivity contribution in [2.45, 2.75) is 5.92 Å². The maximum absolute atomic E-state index is 10.4. The van der Waals surface area contributed by atoms with Crippen molar-refractivity contribution in [1.82, 2.24) is 4.98 Å². The molecule has 1 aromatic rings. The molecule has 0 fully saturated rings. The second-order valence-electron chi connectivity index (χ2n) is 2.00. The third-order valence-corrected chi connectivity index (χ3v) is 1.89. The highest BCUT2D eigenvalue weighted by molar-refractivity contribution is 7.13. The molecule has 0 aliphatic rings. The summed E-state index contributed by atoms with van der Waals surface area (Å²) in [5.41, 5.74) is 5.39. The minimum Gasteiger partial charge on any atom is -0.480 e. The summed E-state index contributed by atoms with van der Waals surface area (Å²) in [7, 11) is 0. The van der Waals surface area contributed by atoms with E-state index >= 15 is 0 Å². The summed E-state index contributed by atoms with van der Waals surface area (Å²) in [6.45, 7) is 0. The Kier molecular flexibility index (Phi) is 2.39. The lowest BCUT2D eigenvalue weighted by Gasteiger charge is -1.96. The third kappa shape index (κ3) is 1.59. The SMILES string of the molecule is Nc1nc(C([C]=O)C(=O)O)cs1. The smallest absolute Gasteiger partial charge is 0.320 e. The van der Waals surface area contributed by atoms with Gasteiger partial charge in [-0.25, -0.2) is 4.98 Å². The van der Waals surface area contributed by atoms with Gasteiger partial charge in [-0.3, -0.25) is 9.59 Å². The molecule has 0 saturated heterocycles. The molecule has 0 bridgehead atoms. The van der Waals surface area contributed by atoms with Crippen LogP contribution in [0, 0.1) is 0 Å². The molecule has 0 aliphatic heterocycles. The number of aliphatic carboxylic acids is 1. The van der Waals surface area contributed by atoms with Crippen molar-refractivity contribution in [2.24, 2.45) is 0 Å². The number of rotatable bonds is 3. The molecule has 12 heavy (non-hydrogen) atoms. The van der Waals surface area contributed by atoms with Crippen molar-refractivity contribution in [2.75, 3.05) is 5.73 Å². The first-order valence-electron chi connectivity index (χ1n) is 2.96. The minimum atomic E-state index is -1.32. The Morgan fingerprint density at radius 3 is 2.83 bits per heavy atom. The Labute approximate surface area is 71.8 Å². The molecule has 5 nitrogen and oxygen atoms in total. The summed E-state index contributed by atoms with van der Waals surface area (Å²) in [6.07, 6.45) is 1.37. The third-order valence-electron chi connectivity index (χ3n) is 1.20. The van der Waals surface area contributed by atoms with Crippen LogP contribution in [0.3, 0.4) is 0 Å². The lowest BCUT2D eigenvalue weighted by molar-refractivity contribution is -0.137. The van der Waals surface area contributed by atoms with E-state index in [0.29, 0.717) is 0 Å². The van der Waals surface area contributed by atoms with Gasteiger partial charge in [-0.2, -0.15) is 0 Å². The number of carboxylic acids is 1. The predicted octanol–water partition coefficient (Wildman–Crippen LogP) is 0.00320. The van der Waals surface area contributed by atoms with E-state index in [1.165, 1.54) is 11.7 Å². The topological polar surface area (TPSA) is 93.3 Å². The van der Waals surface area contributed by atoms with Crippen LogP contribution in [0.15, 0.2) is 5.38 Å². The highest BCUT2D eigenvalue weighted by Crippen LogP contribution is 2.18. The van der Waals surface area contributed by atoms with E-state index in [0.717, 1.165) is 11.3 Å². The van der Waals surface area contributed by atoms with Gasteiger partial charge in [0.05, 0.1) is 5.69 Å². The van der Waals surface area contributed by atoms with E-state index in [1.54, 1.807) is 0 Å². The van der Waals surface area contributed by atoms with E-state index in [9.17, 15) is 9.59 Å². The van der Waals surface area contributed by atoms with Crippen LogP contribution in [0.5, 0.6) is 0 Å². The first kappa shape index (κ1) is 8.66. The van der Waals surface area contributed by atoms with Crippen molar-refractivity contribution in [3.63, 3.8) is 0 Å². The van der Waals surface area contributed by atoms with Crippen LogP contribution in [0.4, 0.5) is 5.13 Å². The normalized spacial score (nSPS) is 12.3. The average Bonchev–Trinajstić information content (AvgIpc) is 2.37. The quantitative estimate of drug-likeness (QED) is 0.646. The van der Waals surface area contributed by atoms with Crippen LogP contribution in [0.2, 0.25) is 0 Å². The van der Waals surface area contributed by atoms with Crippen molar-refractivity contribution in [1.29, 1.82) is 0 Å².